The minimum atomic E-state index is -1.11. The van der Waals surface area contributed by atoms with Crippen molar-refractivity contribution >= 4 is 8.53 Å². The maximum atomic E-state index is 8.61. The lowest BCUT2D eigenvalue weighted by molar-refractivity contribution is 0.178. The Bertz CT molecular complexity index is 316. The SMILES string of the molecule is C=CC=CCCOP(OCCC#N)N(C(C)C)C(C)C. The quantitative estimate of drug-likeness (QED) is 0.322. The van der Waals surface area contributed by atoms with Crippen molar-refractivity contribution in [2.24, 2.45) is 0 Å². The average Bonchev–Trinajstić information content (AvgIpc) is 2.37. The summed E-state index contributed by atoms with van der Waals surface area (Å²) in [6, 6.07) is 2.77. The van der Waals surface area contributed by atoms with Crippen LogP contribution in [0.25, 0.3) is 0 Å². The molecule has 0 rings (SSSR count). The molecule has 0 aromatic heterocycles. The maximum Gasteiger partial charge on any atom is 0.259 e. The van der Waals surface area contributed by atoms with E-state index in [2.05, 4.69) is 45.0 Å². The van der Waals surface area contributed by atoms with Crippen LogP contribution in [-0.4, -0.2) is 30.0 Å². The molecule has 0 fully saturated rings. The Morgan fingerprint density at radius 2 is 1.80 bits per heavy atom. The highest BCUT2D eigenvalue weighted by molar-refractivity contribution is 7.44. The van der Waals surface area contributed by atoms with Crippen molar-refractivity contribution in [3.63, 3.8) is 0 Å². The van der Waals surface area contributed by atoms with Gasteiger partial charge in [0, 0.05) is 12.1 Å². The molecule has 0 heterocycles. The molecule has 20 heavy (non-hydrogen) atoms. The number of nitriles is 1. The summed E-state index contributed by atoms with van der Waals surface area (Å²) in [7, 11) is -1.11. The Balaban J connectivity index is 4.48. The standard InChI is InChI=1S/C15H27N2O2P/c1-6-7-8-9-12-18-20(19-13-10-11-16)17(14(2)3)15(4)5/h6-8,14-15H,1,9-10,12-13H2,2-5H3. The Labute approximate surface area is 125 Å². The van der Waals surface area contributed by atoms with E-state index in [0.717, 1.165) is 6.42 Å². The van der Waals surface area contributed by atoms with Crippen LogP contribution in [0.4, 0.5) is 0 Å². The summed E-state index contributed by atoms with van der Waals surface area (Å²) in [5.41, 5.74) is 0. The first-order chi connectivity index (χ1) is 9.54. The molecule has 1 atom stereocenters. The molecule has 0 saturated heterocycles. The molecule has 0 bridgehead atoms. The fourth-order valence-corrected chi connectivity index (χ4v) is 3.31. The lowest BCUT2D eigenvalue weighted by Crippen LogP contribution is -2.33. The summed E-state index contributed by atoms with van der Waals surface area (Å²) in [5, 5.41) is 8.61. The molecule has 4 nitrogen and oxygen atoms in total. The van der Waals surface area contributed by atoms with E-state index < -0.39 is 8.53 Å². The second-order valence-electron chi connectivity index (χ2n) is 4.83. The highest BCUT2D eigenvalue weighted by Gasteiger charge is 2.26. The van der Waals surface area contributed by atoms with Crippen molar-refractivity contribution in [1.29, 1.82) is 5.26 Å². The van der Waals surface area contributed by atoms with E-state index >= 15 is 0 Å². The molecule has 0 aliphatic rings. The molecular weight excluding hydrogens is 271 g/mol. The second kappa shape index (κ2) is 12.1. The monoisotopic (exact) mass is 298 g/mol. The van der Waals surface area contributed by atoms with Gasteiger partial charge in [-0.15, -0.1) is 0 Å². The zero-order valence-corrected chi connectivity index (χ0v) is 14.0. The molecule has 1 unspecified atom stereocenters. The molecule has 0 amide bonds. The molecule has 0 aromatic rings. The predicted molar refractivity (Wildman–Crippen MR) is 85.1 cm³/mol. The third kappa shape index (κ3) is 8.45. The molecule has 5 heteroatoms. The lowest BCUT2D eigenvalue weighted by Gasteiger charge is -2.35. The van der Waals surface area contributed by atoms with Gasteiger partial charge in [-0.3, -0.25) is 0 Å². The minimum Gasteiger partial charge on any atom is -0.322 e. The van der Waals surface area contributed by atoms with Crippen molar-refractivity contribution in [2.45, 2.75) is 52.6 Å². The van der Waals surface area contributed by atoms with E-state index in [1.807, 2.05) is 12.2 Å². The third-order valence-electron chi connectivity index (χ3n) is 2.42. The largest absolute Gasteiger partial charge is 0.322 e. The molecule has 0 radical (unpaired) electrons. The van der Waals surface area contributed by atoms with Crippen LogP contribution in [0.2, 0.25) is 0 Å². The molecule has 0 aromatic carbocycles. The van der Waals surface area contributed by atoms with Gasteiger partial charge in [-0.05, 0) is 34.1 Å². The number of rotatable bonds is 11. The Hall–Kier alpha value is -0.720. The topological polar surface area (TPSA) is 45.5 Å². The average molecular weight is 298 g/mol. The van der Waals surface area contributed by atoms with Crippen molar-refractivity contribution in [1.82, 2.24) is 4.67 Å². The van der Waals surface area contributed by atoms with Crippen LogP contribution in [0.1, 0.15) is 40.5 Å². The molecule has 0 aliphatic heterocycles. The molecular formula is C15H27N2O2P. The first kappa shape index (κ1) is 19.3. The van der Waals surface area contributed by atoms with Gasteiger partial charge in [0.2, 0.25) is 0 Å². The minimum absolute atomic E-state index is 0.340. The van der Waals surface area contributed by atoms with Crippen LogP contribution in [0.3, 0.4) is 0 Å². The lowest BCUT2D eigenvalue weighted by atomic mass is 10.3. The van der Waals surface area contributed by atoms with Crippen molar-refractivity contribution in [2.75, 3.05) is 13.2 Å². The summed E-state index contributed by atoms with van der Waals surface area (Å²) in [4.78, 5) is 0. The van der Waals surface area contributed by atoms with Gasteiger partial charge >= 0.3 is 0 Å². The van der Waals surface area contributed by atoms with Crippen molar-refractivity contribution in [3.05, 3.63) is 24.8 Å². The van der Waals surface area contributed by atoms with Gasteiger partial charge in [-0.2, -0.15) is 5.26 Å². The number of allylic oxidation sites excluding steroid dienone is 2. The smallest absolute Gasteiger partial charge is 0.259 e. The summed E-state index contributed by atoms with van der Waals surface area (Å²) < 4.78 is 13.9. The van der Waals surface area contributed by atoms with Crippen molar-refractivity contribution < 1.29 is 9.05 Å². The highest BCUT2D eigenvalue weighted by Crippen LogP contribution is 2.45. The molecule has 114 valence electrons. The van der Waals surface area contributed by atoms with Crippen LogP contribution < -0.4 is 0 Å². The second-order valence-corrected chi connectivity index (χ2v) is 6.29. The Morgan fingerprint density at radius 1 is 1.20 bits per heavy atom. The van der Waals surface area contributed by atoms with Gasteiger partial charge in [0.05, 0.1) is 25.7 Å². The van der Waals surface area contributed by atoms with Gasteiger partial charge in [0.1, 0.15) is 0 Å². The van der Waals surface area contributed by atoms with Crippen LogP contribution in [0.5, 0.6) is 0 Å². The van der Waals surface area contributed by atoms with Gasteiger partial charge in [-0.25, -0.2) is 4.67 Å². The Morgan fingerprint density at radius 3 is 2.30 bits per heavy atom. The fraction of sp³-hybridized carbons (Fsp3) is 0.667. The molecule has 0 aliphatic carbocycles. The third-order valence-corrected chi connectivity index (χ3v) is 4.53. The zero-order chi connectivity index (χ0) is 15.4. The summed E-state index contributed by atoms with van der Waals surface area (Å²) in [6.45, 7) is 13.2. The molecule has 0 N–H and O–H groups in total. The van der Waals surface area contributed by atoms with Crippen LogP contribution >= 0.6 is 8.53 Å². The first-order valence-corrected chi connectivity index (χ1v) is 8.16. The predicted octanol–water partition coefficient (Wildman–Crippen LogP) is 4.41. The van der Waals surface area contributed by atoms with E-state index in [1.165, 1.54) is 0 Å². The van der Waals surface area contributed by atoms with E-state index in [-0.39, 0.29) is 0 Å². The van der Waals surface area contributed by atoms with Gasteiger partial charge < -0.3 is 9.05 Å². The maximum absolute atomic E-state index is 8.61. The van der Waals surface area contributed by atoms with Crippen LogP contribution in [-0.2, 0) is 9.05 Å². The zero-order valence-electron chi connectivity index (χ0n) is 13.1. The summed E-state index contributed by atoms with van der Waals surface area (Å²) in [6.07, 6.45) is 6.90. The number of hydrogen-bond donors (Lipinski definition) is 0. The van der Waals surface area contributed by atoms with E-state index in [0.29, 0.717) is 31.7 Å². The van der Waals surface area contributed by atoms with E-state index in [4.69, 9.17) is 14.3 Å². The van der Waals surface area contributed by atoms with E-state index in [9.17, 15) is 0 Å². The van der Waals surface area contributed by atoms with Gasteiger partial charge in [0.25, 0.3) is 8.53 Å². The first-order valence-electron chi connectivity index (χ1n) is 7.03. The van der Waals surface area contributed by atoms with Crippen LogP contribution in [0, 0.1) is 11.3 Å². The molecule has 0 saturated carbocycles. The van der Waals surface area contributed by atoms with Gasteiger partial charge in [0.15, 0.2) is 0 Å². The normalized spacial score (nSPS) is 13.3. The fourth-order valence-electron chi connectivity index (χ4n) is 1.70. The number of hydrogen-bond acceptors (Lipinski definition) is 4. The highest BCUT2D eigenvalue weighted by atomic mass is 31.2. The number of nitrogens with zero attached hydrogens (tertiary/aromatic N) is 2. The van der Waals surface area contributed by atoms with Crippen LogP contribution in [0.15, 0.2) is 24.8 Å². The summed E-state index contributed by atoms with van der Waals surface area (Å²) in [5.74, 6) is 0. The summed E-state index contributed by atoms with van der Waals surface area (Å²) >= 11 is 0. The molecule has 0 spiro atoms. The van der Waals surface area contributed by atoms with Gasteiger partial charge in [-0.1, -0.05) is 24.8 Å². The van der Waals surface area contributed by atoms with E-state index in [1.54, 1.807) is 6.08 Å². The van der Waals surface area contributed by atoms with Crippen molar-refractivity contribution in [3.8, 4) is 6.07 Å². The Kier molecular flexibility index (Phi) is 11.6.